The molecule has 0 saturated carbocycles. The molecule has 70 heavy (non-hydrogen) atoms. The summed E-state index contributed by atoms with van der Waals surface area (Å²) in [4.78, 5) is 25.3. The van der Waals surface area contributed by atoms with Gasteiger partial charge in [-0.25, -0.2) is 0 Å². The third-order valence-electron chi connectivity index (χ3n) is 13.3. The normalized spacial score (nSPS) is 14.3. The van der Waals surface area contributed by atoms with Crippen LogP contribution in [0.4, 0.5) is 0 Å². The van der Waals surface area contributed by atoms with Crippen molar-refractivity contribution in [3.8, 4) is 0 Å². The van der Waals surface area contributed by atoms with Crippen LogP contribution in [0.25, 0.3) is 0 Å². The van der Waals surface area contributed by atoms with Gasteiger partial charge in [0, 0.05) is 6.42 Å². The Bertz CT molecular complexity index is 1320. The maximum atomic E-state index is 12.9. The van der Waals surface area contributed by atoms with Crippen molar-refractivity contribution >= 4 is 13.7 Å². The molecule has 0 heterocycles. The van der Waals surface area contributed by atoms with Crippen LogP contribution in [0, 0.1) is 0 Å². The zero-order valence-corrected chi connectivity index (χ0v) is 47.6. The average Bonchev–Trinajstić information content (AvgIpc) is 3.32. The summed E-state index contributed by atoms with van der Waals surface area (Å²) in [6.45, 7) is 4.57. The summed E-state index contributed by atoms with van der Waals surface area (Å²) >= 11 is 0. The van der Waals surface area contributed by atoms with E-state index in [1.54, 1.807) is 0 Å². The lowest BCUT2D eigenvalue weighted by Crippen LogP contribution is -2.46. The molecule has 410 valence electrons. The Hall–Kier alpha value is -1.80. The number of carbonyl (C=O) groups excluding carboxylic acids is 1. The maximum Gasteiger partial charge on any atom is 0.268 e. The van der Waals surface area contributed by atoms with E-state index < -0.39 is 20.0 Å². The van der Waals surface area contributed by atoms with Gasteiger partial charge in [0.15, 0.2) is 0 Å². The van der Waals surface area contributed by atoms with Gasteiger partial charge >= 0.3 is 0 Å². The molecule has 0 aliphatic rings. The molecule has 0 aromatic heterocycles. The monoisotopic (exact) mass is 1000 g/mol. The minimum absolute atomic E-state index is 0.0127. The molecule has 3 atom stereocenters. The van der Waals surface area contributed by atoms with E-state index in [1.165, 1.54) is 173 Å². The summed E-state index contributed by atoms with van der Waals surface area (Å²) < 4.78 is 23.2. The highest BCUT2D eigenvalue weighted by atomic mass is 31.2. The van der Waals surface area contributed by atoms with Crippen LogP contribution in [0.2, 0.25) is 0 Å². The van der Waals surface area contributed by atoms with Crippen LogP contribution >= 0.6 is 7.82 Å². The van der Waals surface area contributed by atoms with E-state index in [9.17, 15) is 19.4 Å². The van der Waals surface area contributed by atoms with Crippen molar-refractivity contribution in [2.24, 2.45) is 0 Å². The lowest BCUT2D eigenvalue weighted by atomic mass is 10.0. The molecule has 2 N–H and O–H groups in total. The summed E-state index contributed by atoms with van der Waals surface area (Å²) in [5.74, 6) is -0.166. The summed E-state index contributed by atoms with van der Waals surface area (Å²) in [5, 5.41) is 13.8. The van der Waals surface area contributed by atoms with Crippen LogP contribution in [0.3, 0.4) is 0 Å². The summed E-state index contributed by atoms with van der Waals surface area (Å²) in [5.41, 5.74) is 0. The minimum atomic E-state index is -4.56. The SMILES string of the molecule is CC/C=C\C/C=C\C/C=C\C/C=C\C/C=C\CCCCCCCCCCCCCCCCCCCCCCCCCCCC(=O)NC(COP(=O)([O-])OCC[N+](C)(C)C)C(O)CCCCCCCCC. The molecule has 0 aliphatic carbocycles. The molecular formula is C61H115N2O6P. The first-order valence-corrected chi connectivity index (χ1v) is 31.1. The number of likely N-dealkylation sites (N-methyl/N-ethyl adjacent to an activating group) is 1. The minimum Gasteiger partial charge on any atom is -0.756 e. The number of nitrogens with zero attached hydrogens (tertiary/aromatic N) is 1. The van der Waals surface area contributed by atoms with Gasteiger partial charge in [0.2, 0.25) is 5.91 Å². The summed E-state index contributed by atoms with van der Waals surface area (Å²) in [6.07, 6.45) is 70.3. The van der Waals surface area contributed by atoms with Crippen LogP contribution < -0.4 is 10.2 Å². The number of amides is 1. The summed E-state index contributed by atoms with van der Waals surface area (Å²) in [7, 11) is 1.31. The highest BCUT2D eigenvalue weighted by Gasteiger charge is 2.24. The predicted octanol–water partition coefficient (Wildman–Crippen LogP) is 17.5. The van der Waals surface area contributed by atoms with Gasteiger partial charge in [-0.05, 0) is 57.8 Å². The Balaban J connectivity index is 3.72. The van der Waals surface area contributed by atoms with Gasteiger partial charge < -0.3 is 28.8 Å². The fraction of sp³-hybridized carbons (Fsp3) is 0.820. The molecule has 0 aromatic rings. The van der Waals surface area contributed by atoms with Crippen molar-refractivity contribution in [3.05, 3.63) is 60.8 Å². The number of aliphatic hydroxyl groups is 1. The topological polar surface area (TPSA) is 108 Å². The molecule has 9 heteroatoms. The van der Waals surface area contributed by atoms with E-state index in [4.69, 9.17) is 9.05 Å². The molecule has 0 radical (unpaired) electrons. The number of phosphoric acid groups is 1. The molecule has 1 amide bonds. The quantitative estimate of drug-likeness (QED) is 0.0272. The molecule has 0 fully saturated rings. The van der Waals surface area contributed by atoms with Crippen LogP contribution in [-0.4, -0.2) is 68.5 Å². The zero-order chi connectivity index (χ0) is 51.3. The number of aliphatic hydroxyl groups excluding tert-OH is 1. The van der Waals surface area contributed by atoms with E-state index in [0.717, 1.165) is 70.6 Å². The van der Waals surface area contributed by atoms with Gasteiger partial charge in [0.1, 0.15) is 13.2 Å². The number of unbranched alkanes of at least 4 members (excludes halogenated alkanes) is 31. The number of hydrogen-bond acceptors (Lipinski definition) is 6. The molecule has 0 rings (SSSR count). The van der Waals surface area contributed by atoms with Crippen LogP contribution in [-0.2, 0) is 18.4 Å². The number of hydrogen-bond donors (Lipinski definition) is 2. The van der Waals surface area contributed by atoms with E-state index in [2.05, 4.69) is 79.9 Å². The van der Waals surface area contributed by atoms with E-state index in [0.29, 0.717) is 23.9 Å². The van der Waals surface area contributed by atoms with Crippen LogP contribution in [0.5, 0.6) is 0 Å². The molecule has 0 saturated heterocycles. The van der Waals surface area contributed by atoms with Crippen molar-refractivity contribution in [1.82, 2.24) is 5.32 Å². The first kappa shape index (κ1) is 68.2. The standard InChI is InChI=1S/C61H115N2O6P/c1-6-8-10-12-14-15-16-17-18-19-20-21-22-23-24-25-26-27-28-29-30-31-32-33-34-35-36-37-38-39-40-41-42-43-44-45-46-47-49-51-53-55-61(65)62-59(60(64)54-52-50-48-13-11-9-7-2)58-69-70(66,67)68-57-56-63(3,4)5/h8,10,14-15,17-18,20-21,23-24,59-60,64H,6-7,9,11-13,16,19,22,25-58H2,1-5H3,(H-,62,65,66,67)/b10-8-,15-14-,18-17-,21-20-,24-23-. The number of quaternary nitrogens is 1. The molecule has 0 aliphatic heterocycles. The fourth-order valence-corrected chi connectivity index (χ4v) is 9.38. The molecule has 8 nitrogen and oxygen atoms in total. The Labute approximate surface area is 434 Å². The van der Waals surface area contributed by atoms with Crippen LogP contribution in [0.1, 0.15) is 271 Å². The van der Waals surface area contributed by atoms with Gasteiger partial charge in [-0.1, -0.05) is 267 Å². The van der Waals surface area contributed by atoms with Gasteiger partial charge in [-0.2, -0.15) is 0 Å². The highest BCUT2D eigenvalue weighted by Crippen LogP contribution is 2.38. The van der Waals surface area contributed by atoms with E-state index in [-0.39, 0.29) is 19.1 Å². The second-order valence-corrected chi connectivity index (χ2v) is 22.7. The molecular weight excluding hydrogens is 888 g/mol. The number of nitrogens with one attached hydrogen (secondary N) is 1. The first-order valence-electron chi connectivity index (χ1n) is 29.6. The smallest absolute Gasteiger partial charge is 0.268 e. The number of phosphoric ester groups is 1. The Morgan fingerprint density at radius 3 is 1.27 bits per heavy atom. The van der Waals surface area contributed by atoms with Crippen molar-refractivity contribution in [1.29, 1.82) is 0 Å². The van der Waals surface area contributed by atoms with Crippen molar-refractivity contribution in [2.75, 3.05) is 40.9 Å². The van der Waals surface area contributed by atoms with Crippen molar-refractivity contribution < 1.29 is 32.9 Å². The Morgan fingerprint density at radius 2 is 0.871 bits per heavy atom. The predicted molar refractivity (Wildman–Crippen MR) is 302 cm³/mol. The van der Waals surface area contributed by atoms with Crippen molar-refractivity contribution in [3.63, 3.8) is 0 Å². The Kier molecular flexibility index (Phi) is 50.7. The summed E-state index contributed by atoms with van der Waals surface area (Å²) in [6, 6.07) is -0.796. The lowest BCUT2D eigenvalue weighted by molar-refractivity contribution is -0.870. The highest BCUT2D eigenvalue weighted by molar-refractivity contribution is 7.45. The number of carbonyl (C=O) groups is 1. The van der Waals surface area contributed by atoms with E-state index >= 15 is 0 Å². The third-order valence-corrected chi connectivity index (χ3v) is 14.2. The number of allylic oxidation sites excluding steroid dienone is 10. The number of rotatable bonds is 54. The van der Waals surface area contributed by atoms with E-state index in [1.807, 2.05) is 21.1 Å². The second kappa shape index (κ2) is 52.1. The first-order chi connectivity index (χ1) is 34.0. The van der Waals surface area contributed by atoms with Crippen molar-refractivity contribution in [2.45, 2.75) is 283 Å². The largest absolute Gasteiger partial charge is 0.756 e. The third kappa shape index (κ3) is 54.0. The molecule has 3 unspecified atom stereocenters. The van der Waals surface area contributed by atoms with Gasteiger partial charge in [-0.3, -0.25) is 9.36 Å². The van der Waals surface area contributed by atoms with Crippen LogP contribution in [0.15, 0.2) is 60.8 Å². The van der Waals surface area contributed by atoms with Gasteiger partial charge in [0.05, 0.1) is 39.9 Å². The zero-order valence-electron chi connectivity index (χ0n) is 46.7. The molecule has 0 bridgehead atoms. The fourth-order valence-electron chi connectivity index (χ4n) is 8.66. The molecule has 0 aromatic carbocycles. The van der Waals surface area contributed by atoms with Gasteiger partial charge in [-0.15, -0.1) is 0 Å². The second-order valence-electron chi connectivity index (χ2n) is 21.3. The maximum absolute atomic E-state index is 12.9. The van der Waals surface area contributed by atoms with Gasteiger partial charge in [0.25, 0.3) is 7.82 Å². The lowest BCUT2D eigenvalue weighted by Gasteiger charge is -2.30. The average molecular weight is 1000 g/mol. The Morgan fingerprint density at radius 1 is 0.514 bits per heavy atom. The molecule has 0 spiro atoms.